The van der Waals surface area contributed by atoms with Crippen LogP contribution in [0.5, 0.6) is 0 Å². The minimum Gasteiger partial charge on any atom is -0.365 e. The maximum Gasteiger partial charge on any atom is 0.271 e. The molecule has 6 nitrogen and oxygen atoms in total. The van der Waals surface area contributed by atoms with E-state index in [1.54, 1.807) is 12.1 Å². The molecule has 25 heavy (non-hydrogen) atoms. The summed E-state index contributed by atoms with van der Waals surface area (Å²) >= 11 is 0. The van der Waals surface area contributed by atoms with Gasteiger partial charge < -0.3 is 10.2 Å². The van der Waals surface area contributed by atoms with Crippen molar-refractivity contribution in [2.75, 3.05) is 23.8 Å². The third kappa shape index (κ3) is 3.92. The molecular weight excluding hydrogens is 318 g/mol. The van der Waals surface area contributed by atoms with Gasteiger partial charge in [-0.15, -0.1) is 0 Å². The number of amides is 1. The molecule has 1 N–H and O–H groups in total. The lowest BCUT2D eigenvalue weighted by Gasteiger charge is -2.19. The van der Waals surface area contributed by atoms with Gasteiger partial charge in [0.15, 0.2) is 0 Å². The molecule has 0 atom stereocenters. The van der Waals surface area contributed by atoms with Gasteiger partial charge in [0.05, 0.1) is 11.5 Å². The van der Waals surface area contributed by atoms with E-state index >= 15 is 0 Å². The van der Waals surface area contributed by atoms with Crippen molar-refractivity contribution in [1.82, 2.24) is 0 Å². The SMILES string of the molecule is CN(CC(=O)Nc1cccc([N+](=O)[O-])c1)c1ccc2ccccc2c1. The molecule has 0 aliphatic carbocycles. The standard InChI is InChI=1S/C19H17N3O3/c1-21(17-10-9-14-5-2-3-6-15(14)11-17)13-19(23)20-16-7-4-8-18(12-16)22(24)25/h2-12H,13H2,1H3,(H,20,23). The highest BCUT2D eigenvalue weighted by Crippen LogP contribution is 2.21. The van der Waals surface area contributed by atoms with Crippen LogP contribution in [0, 0.1) is 10.1 Å². The number of nitro groups is 1. The van der Waals surface area contributed by atoms with Gasteiger partial charge in [-0.25, -0.2) is 0 Å². The first-order valence-corrected chi connectivity index (χ1v) is 7.77. The third-order valence-corrected chi connectivity index (χ3v) is 3.90. The molecule has 0 saturated carbocycles. The minimum atomic E-state index is -0.489. The van der Waals surface area contributed by atoms with E-state index in [1.165, 1.54) is 12.1 Å². The Morgan fingerprint density at radius 3 is 2.56 bits per heavy atom. The number of carbonyl (C=O) groups excluding carboxylic acids is 1. The first kappa shape index (κ1) is 16.4. The molecule has 3 rings (SSSR count). The van der Waals surface area contributed by atoms with E-state index in [4.69, 9.17) is 0 Å². The zero-order valence-electron chi connectivity index (χ0n) is 13.7. The average molecular weight is 335 g/mol. The van der Waals surface area contributed by atoms with Crippen LogP contribution in [0.25, 0.3) is 10.8 Å². The number of non-ortho nitro benzene ring substituents is 1. The molecule has 1 amide bonds. The van der Waals surface area contributed by atoms with Gasteiger partial charge in [-0.3, -0.25) is 14.9 Å². The van der Waals surface area contributed by atoms with Crippen molar-refractivity contribution < 1.29 is 9.72 Å². The molecule has 0 aliphatic heterocycles. The van der Waals surface area contributed by atoms with Crippen LogP contribution in [0.3, 0.4) is 0 Å². The Morgan fingerprint density at radius 2 is 1.80 bits per heavy atom. The Bertz CT molecular complexity index is 940. The number of nitrogens with zero attached hydrogens (tertiary/aromatic N) is 2. The Morgan fingerprint density at radius 1 is 1.04 bits per heavy atom. The fraction of sp³-hybridized carbons (Fsp3) is 0.105. The largest absolute Gasteiger partial charge is 0.365 e. The average Bonchev–Trinajstić information content (AvgIpc) is 2.61. The molecule has 0 unspecified atom stereocenters. The van der Waals surface area contributed by atoms with Crippen molar-refractivity contribution in [3.8, 4) is 0 Å². The molecule has 6 heteroatoms. The molecule has 0 radical (unpaired) electrons. The van der Waals surface area contributed by atoms with E-state index in [-0.39, 0.29) is 18.1 Å². The van der Waals surface area contributed by atoms with Gasteiger partial charge in [-0.1, -0.05) is 36.4 Å². The summed E-state index contributed by atoms with van der Waals surface area (Å²) in [6.45, 7) is 0.140. The van der Waals surface area contributed by atoms with E-state index in [1.807, 2.05) is 54.4 Å². The fourth-order valence-electron chi connectivity index (χ4n) is 2.62. The molecule has 3 aromatic carbocycles. The molecule has 0 saturated heterocycles. The van der Waals surface area contributed by atoms with Crippen LogP contribution in [-0.4, -0.2) is 24.4 Å². The highest BCUT2D eigenvalue weighted by atomic mass is 16.6. The molecule has 0 aliphatic rings. The van der Waals surface area contributed by atoms with Crippen molar-refractivity contribution in [2.24, 2.45) is 0 Å². The van der Waals surface area contributed by atoms with Crippen LogP contribution in [0.4, 0.5) is 17.1 Å². The van der Waals surface area contributed by atoms with Gasteiger partial charge in [-0.2, -0.15) is 0 Å². The molecule has 0 fully saturated rings. The second-order valence-electron chi connectivity index (χ2n) is 5.74. The highest BCUT2D eigenvalue weighted by molar-refractivity contribution is 5.95. The van der Waals surface area contributed by atoms with Gasteiger partial charge in [-0.05, 0) is 29.0 Å². The van der Waals surface area contributed by atoms with Gasteiger partial charge in [0, 0.05) is 30.6 Å². The maximum atomic E-state index is 12.2. The Balaban J connectivity index is 1.69. The summed E-state index contributed by atoms with van der Waals surface area (Å²) in [7, 11) is 1.83. The lowest BCUT2D eigenvalue weighted by Crippen LogP contribution is -2.30. The molecule has 3 aromatic rings. The summed E-state index contributed by atoms with van der Waals surface area (Å²) in [5.74, 6) is -0.240. The number of hydrogen-bond donors (Lipinski definition) is 1. The van der Waals surface area contributed by atoms with Gasteiger partial charge >= 0.3 is 0 Å². The van der Waals surface area contributed by atoms with Crippen LogP contribution in [-0.2, 0) is 4.79 Å². The first-order valence-electron chi connectivity index (χ1n) is 7.77. The summed E-state index contributed by atoms with van der Waals surface area (Å²) < 4.78 is 0. The molecule has 0 bridgehead atoms. The van der Waals surface area contributed by atoms with E-state index < -0.39 is 4.92 Å². The number of anilines is 2. The van der Waals surface area contributed by atoms with Crippen molar-refractivity contribution in [1.29, 1.82) is 0 Å². The maximum absolute atomic E-state index is 12.2. The lowest BCUT2D eigenvalue weighted by molar-refractivity contribution is -0.384. The first-order chi connectivity index (χ1) is 12.0. The summed E-state index contributed by atoms with van der Waals surface area (Å²) in [5.41, 5.74) is 1.28. The van der Waals surface area contributed by atoms with Crippen molar-refractivity contribution >= 4 is 33.7 Å². The Labute approximate surface area is 144 Å². The van der Waals surface area contributed by atoms with Gasteiger partial charge in [0.1, 0.15) is 0 Å². The van der Waals surface area contributed by atoms with E-state index in [0.717, 1.165) is 16.5 Å². The molecule has 126 valence electrons. The van der Waals surface area contributed by atoms with Crippen LogP contribution < -0.4 is 10.2 Å². The number of nitro benzene ring substituents is 1. The van der Waals surface area contributed by atoms with Crippen molar-refractivity contribution in [3.63, 3.8) is 0 Å². The predicted octanol–water partition coefficient (Wildman–Crippen LogP) is 3.82. The normalized spacial score (nSPS) is 10.4. The van der Waals surface area contributed by atoms with Crippen LogP contribution in [0.1, 0.15) is 0 Å². The quantitative estimate of drug-likeness (QED) is 0.568. The predicted molar refractivity (Wildman–Crippen MR) is 98.9 cm³/mol. The van der Waals surface area contributed by atoms with E-state index in [2.05, 4.69) is 5.32 Å². The summed E-state index contributed by atoms with van der Waals surface area (Å²) in [5, 5.41) is 15.7. The van der Waals surface area contributed by atoms with E-state index in [0.29, 0.717) is 5.69 Å². The second-order valence-corrected chi connectivity index (χ2v) is 5.74. The Kier molecular flexibility index (Phi) is 4.61. The van der Waals surface area contributed by atoms with Gasteiger partial charge in [0.2, 0.25) is 5.91 Å². The summed E-state index contributed by atoms with van der Waals surface area (Å²) in [6, 6.07) is 19.9. The zero-order valence-corrected chi connectivity index (χ0v) is 13.7. The number of benzene rings is 3. The third-order valence-electron chi connectivity index (χ3n) is 3.90. The number of fused-ring (bicyclic) bond motifs is 1. The Hall–Kier alpha value is -3.41. The number of carbonyl (C=O) groups is 1. The fourth-order valence-corrected chi connectivity index (χ4v) is 2.62. The van der Waals surface area contributed by atoms with Crippen molar-refractivity contribution in [3.05, 3.63) is 76.8 Å². The monoisotopic (exact) mass is 335 g/mol. The number of likely N-dealkylation sites (N-methyl/N-ethyl adjacent to an activating group) is 1. The second kappa shape index (κ2) is 7.00. The molecule has 0 aromatic heterocycles. The van der Waals surface area contributed by atoms with Crippen molar-refractivity contribution in [2.45, 2.75) is 0 Å². The molecule has 0 heterocycles. The van der Waals surface area contributed by atoms with Crippen LogP contribution in [0.2, 0.25) is 0 Å². The number of hydrogen-bond acceptors (Lipinski definition) is 4. The van der Waals surface area contributed by atoms with Crippen LogP contribution in [0.15, 0.2) is 66.7 Å². The van der Waals surface area contributed by atoms with Crippen LogP contribution >= 0.6 is 0 Å². The smallest absolute Gasteiger partial charge is 0.271 e. The van der Waals surface area contributed by atoms with Gasteiger partial charge in [0.25, 0.3) is 5.69 Å². The number of rotatable bonds is 5. The zero-order chi connectivity index (χ0) is 17.8. The highest BCUT2D eigenvalue weighted by Gasteiger charge is 2.11. The van der Waals surface area contributed by atoms with E-state index in [9.17, 15) is 14.9 Å². The summed E-state index contributed by atoms with van der Waals surface area (Å²) in [4.78, 5) is 24.4. The molecular formula is C19H17N3O3. The number of nitrogens with one attached hydrogen (secondary N) is 1. The molecule has 0 spiro atoms. The summed E-state index contributed by atoms with van der Waals surface area (Å²) in [6.07, 6.45) is 0. The lowest BCUT2D eigenvalue weighted by atomic mass is 10.1. The topological polar surface area (TPSA) is 75.5 Å². The minimum absolute atomic E-state index is 0.0549.